The first-order chi connectivity index (χ1) is 8.30. The summed E-state index contributed by atoms with van der Waals surface area (Å²) in [7, 11) is 0. The molecule has 0 aliphatic carbocycles. The second-order valence-electron chi connectivity index (χ2n) is 3.06. The lowest BCUT2D eigenvalue weighted by atomic mass is 10.3. The first kappa shape index (κ1) is 13.4. The van der Waals surface area contributed by atoms with Crippen LogP contribution < -0.4 is 10.6 Å². The average Bonchev–Trinajstić information content (AvgIpc) is 2.37. The van der Waals surface area contributed by atoms with E-state index < -0.39 is 0 Å². The molecule has 5 nitrogen and oxygen atoms in total. The quantitative estimate of drug-likeness (QED) is 0.327. The summed E-state index contributed by atoms with van der Waals surface area (Å²) in [4.78, 5) is 4.26. The van der Waals surface area contributed by atoms with Gasteiger partial charge in [0.15, 0.2) is 11.4 Å². The zero-order chi connectivity index (χ0) is 12.5. The van der Waals surface area contributed by atoms with E-state index >= 15 is 0 Å². The SMILES string of the molecule is CSC(=Nc1ccc(NCCO)cc1)NC#N. The Labute approximate surface area is 105 Å². The molecule has 0 saturated carbocycles. The Morgan fingerprint density at radius 3 is 2.71 bits per heavy atom. The van der Waals surface area contributed by atoms with Crippen molar-refractivity contribution in [3.63, 3.8) is 0 Å². The number of thioether (sulfide) groups is 1. The molecular weight excluding hydrogens is 236 g/mol. The third-order valence-electron chi connectivity index (χ3n) is 1.90. The molecule has 17 heavy (non-hydrogen) atoms. The van der Waals surface area contributed by atoms with Gasteiger partial charge in [0.2, 0.25) is 0 Å². The van der Waals surface area contributed by atoms with E-state index in [2.05, 4.69) is 15.6 Å². The molecule has 1 rings (SSSR count). The molecule has 0 aliphatic rings. The van der Waals surface area contributed by atoms with Crippen LogP contribution in [-0.4, -0.2) is 29.7 Å². The number of aliphatic hydroxyl groups is 1. The lowest BCUT2D eigenvalue weighted by Crippen LogP contribution is -2.12. The lowest BCUT2D eigenvalue weighted by molar-refractivity contribution is 0.311. The van der Waals surface area contributed by atoms with Crippen LogP contribution in [0, 0.1) is 11.5 Å². The molecule has 0 saturated heterocycles. The van der Waals surface area contributed by atoms with Crippen LogP contribution in [0.25, 0.3) is 0 Å². The van der Waals surface area contributed by atoms with Gasteiger partial charge in [-0.1, -0.05) is 11.8 Å². The standard InChI is InChI=1S/C11H14N4OS/c1-17-11(14-8-12)15-10-4-2-9(3-5-10)13-6-7-16/h2-5,13,16H,6-7H2,1H3,(H,14,15). The predicted octanol–water partition coefficient (Wildman–Crippen LogP) is 1.51. The fraction of sp³-hybridized carbons (Fsp3) is 0.273. The van der Waals surface area contributed by atoms with Crippen molar-refractivity contribution in [1.29, 1.82) is 5.26 Å². The topological polar surface area (TPSA) is 80.4 Å². The monoisotopic (exact) mass is 250 g/mol. The number of anilines is 1. The van der Waals surface area contributed by atoms with Gasteiger partial charge >= 0.3 is 0 Å². The van der Waals surface area contributed by atoms with Gasteiger partial charge in [0.25, 0.3) is 0 Å². The van der Waals surface area contributed by atoms with Crippen molar-refractivity contribution in [1.82, 2.24) is 5.32 Å². The summed E-state index contributed by atoms with van der Waals surface area (Å²) in [5.41, 5.74) is 1.70. The molecule has 90 valence electrons. The summed E-state index contributed by atoms with van der Waals surface area (Å²) < 4.78 is 0. The van der Waals surface area contributed by atoms with Gasteiger partial charge in [-0.25, -0.2) is 4.99 Å². The molecule has 0 atom stereocenters. The summed E-state index contributed by atoms with van der Waals surface area (Å²) >= 11 is 1.38. The Hall–Kier alpha value is -1.71. The second kappa shape index (κ2) is 7.54. The number of nitrogens with one attached hydrogen (secondary N) is 2. The van der Waals surface area contributed by atoms with Gasteiger partial charge < -0.3 is 10.4 Å². The van der Waals surface area contributed by atoms with Gasteiger partial charge in [-0.15, -0.1) is 0 Å². The number of amidine groups is 1. The predicted molar refractivity (Wildman–Crippen MR) is 71.4 cm³/mol. The van der Waals surface area contributed by atoms with E-state index in [1.807, 2.05) is 36.7 Å². The van der Waals surface area contributed by atoms with Crippen molar-refractivity contribution < 1.29 is 5.11 Å². The van der Waals surface area contributed by atoms with Crippen LogP contribution in [0.4, 0.5) is 11.4 Å². The molecule has 0 radical (unpaired) electrons. The summed E-state index contributed by atoms with van der Waals surface area (Å²) in [5.74, 6) is 0. The Bertz CT molecular complexity index is 410. The number of rotatable bonds is 4. The van der Waals surface area contributed by atoms with Crippen LogP contribution in [0.1, 0.15) is 0 Å². The first-order valence-electron chi connectivity index (χ1n) is 5.02. The van der Waals surface area contributed by atoms with Crippen molar-refractivity contribution in [2.75, 3.05) is 24.7 Å². The number of aliphatic imine (C=N–C) groups is 1. The van der Waals surface area contributed by atoms with Crippen LogP contribution in [0.2, 0.25) is 0 Å². The Balaban J connectivity index is 2.70. The molecule has 0 spiro atoms. The van der Waals surface area contributed by atoms with Gasteiger partial charge in [-0.2, -0.15) is 5.26 Å². The van der Waals surface area contributed by atoms with E-state index in [0.29, 0.717) is 11.7 Å². The van der Waals surface area contributed by atoms with Gasteiger partial charge in [-0.05, 0) is 30.5 Å². The maximum absolute atomic E-state index is 8.67. The molecule has 0 fully saturated rings. The summed E-state index contributed by atoms with van der Waals surface area (Å²) in [6.45, 7) is 0.622. The largest absolute Gasteiger partial charge is 0.395 e. The van der Waals surface area contributed by atoms with E-state index in [1.54, 1.807) is 0 Å². The highest BCUT2D eigenvalue weighted by Crippen LogP contribution is 2.17. The number of benzene rings is 1. The molecule has 0 unspecified atom stereocenters. The lowest BCUT2D eigenvalue weighted by Gasteiger charge is -2.04. The minimum atomic E-state index is 0.0998. The van der Waals surface area contributed by atoms with Crippen molar-refractivity contribution in [2.45, 2.75) is 0 Å². The maximum Gasteiger partial charge on any atom is 0.183 e. The van der Waals surface area contributed by atoms with Crippen molar-refractivity contribution in [3.8, 4) is 6.19 Å². The minimum Gasteiger partial charge on any atom is -0.395 e. The number of nitriles is 1. The third kappa shape index (κ3) is 4.76. The zero-order valence-electron chi connectivity index (χ0n) is 9.47. The third-order valence-corrected chi connectivity index (χ3v) is 2.48. The van der Waals surface area contributed by atoms with Crippen LogP contribution >= 0.6 is 11.8 Å². The van der Waals surface area contributed by atoms with E-state index in [9.17, 15) is 0 Å². The van der Waals surface area contributed by atoms with E-state index in [-0.39, 0.29) is 6.61 Å². The molecule has 3 N–H and O–H groups in total. The van der Waals surface area contributed by atoms with E-state index in [1.165, 1.54) is 11.8 Å². The van der Waals surface area contributed by atoms with Crippen molar-refractivity contribution >= 4 is 28.3 Å². The van der Waals surface area contributed by atoms with Gasteiger partial charge in [0.05, 0.1) is 12.3 Å². The molecular formula is C11H14N4OS. The second-order valence-corrected chi connectivity index (χ2v) is 3.85. The highest BCUT2D eigenvalue weighted by Gasteiger charge is 1.96. The number of hydrogen-bond acceptors (Lipinski definition) is 5. The zero-order valence-corrected chi connectivity index (χ0v) is 10.3. The molecule has 0 aliphatic heterocycles. The van der Waals surface area contributed by atoms with E-state index in [4.69, 9.17) is 10.4 Å². The highest BCUT2D eigenvalue weighted by molar-refractivity contribution is 8.13. The maximum atomic E-state index is 8.67. The average molecular weight is 250 g/mol. The van der Waals surface area contributed by atoms with Crippen LogP contribution in [0.5, 0.6) is 0 Å². The molecule has 0 aromatic heterocycles. The summed E-state index contributed by atoms with van der Waals surface area (Å²) in [6.07, 6.45) is 3.68. The molecule has 0 bridgehead atoms. The normalized spacial score (nSPS) is 10.8. The van der Waals surface area contributed by atoms with Gasteiger partial charge in [0, 0.05) is 12.2 Å². The minimum absolute atomic E-state index is 0.0998. The van der Waals surface area contributed by atoms with Gasteiger partial charge in [-0.3, -0.25) is 5.32 Å². The van der Waals surface area contributed by atoms with Crippen molar-refractivity contribution in [2.24, 2.45) is 4.99 Å². The number of nitrogens with zero attached hydrogens (tertiary/aromatic N) is 2. The molecule has 1 aromatic rings. The molecule has 0 amide bonds. The smallest absolute Gasteiger partial charge is 0.183 e. The fourth-order valence-corrected chi connectivity index (χ4v) is 1.49. The van der Waals surface area contributed by atoms with Crippen LogP contribution in [0.15, 0.2) is 29.3 Å². The van der Waals surface area contributed by atoms with Crippen molar-refractivity contribution in [3.05, 3.63) is 24.3 Å². The molecule has 0 heterocycles. The summed E-state index contributed by atoms with van der Waals surface area (Å²) in [6, 6.07) is 7.43. The van der Waals surface area contributed by atoms with Gasteiger partial charge in [0.1, 0.15) is 0 Å². The number of hydrogen-bond donors (Lipinski definition) is 3. The Kier molecular flexibility index (Phi) is 5.93. The Morgan fingerprint density at radius 1 is 1.47 bits per heavy atom. The molecule has 1 aromatic carbocycles. The van der Waals surface area contributed by atoms with E-state index in [0.717, 1.165) is 11.4 Å². The van der Waals surface area contributed by atoms with Crippen LogP contribution in [0.3, 0.4) is 0 Å². The number of aliphatic hydroxyl groups excluding tert-OH is 1. The highest BCUT2D eigenvalue weighted by atomic mass is 32.2. The van der Waals surface area contributed by atoms with Crippen LogP contribution in [-0.2, 0) is 0 Å². The molecule has 6 heteroatoms. The fourth-order valence-electron chi connectivity index (χ4n) is 1.14. The summed E-state index contributed by atoms with van der Waals surface area (Å²) in [5, 5.41) is 23.3. The Morgan fingerprint density at radius 2 is 2.18 bits per heavy atom. The first-order valence-corrected chi connectivity index (χ1v) is 6.25.